The zero-order valence-corrected chi connectivity index (χ0v) is 18.9. The van der Waals surface area contributed by atoms with Gasteiger partial charge in [0.05, 0.1) is 32.9 Å². The molecular formula is C23H39N5O2. The summed E-state index contributed by atoms with van der Waals surface area (Å²) >= 11 is 0. The highest BCUT2D eigenvalue weighted by Crippen LogP contribution is 2.26. The van der Waals surface area contributed by atoms with Crippen molar-refractivity contribution in [2.24, 2.45) is 4.99 Å². The Balaban J connectivity index is 1.63. The molecule has 0 bridgehead atoms. The fourth-order valence-electron chi connectivity index (χ4n) is 4.02. The number of rotatable bonds is 11. The van der Waals surface area contributed by atoms with E-state index in [-0.39, 0.29) is 6.04 Å². The van der Waals surface area contributed by atoms with Crippen LogP contribution in [0.2, 0.25) is 0 Å². The summed E-state index contributed by atoms with van der Waals surface area (Å²) in [7, 11) is 1.70. The highest BCUT2D eigenvalue weighted by atomic mass is 16.5. The number of aliphatic imine (C=N–C) groups is 1. The van der Waals surface area contributed by atoms with E-state index in [1.54, 1.807) is 7.11 Å². The topological polar surface area (TPSA) is 61.4 Å². The SMILES string of the molecule is CCNC(=NCC(c1ccc(OC)cc1)N1CCOCC1)NCCN(CC)C1CC1. The summed E-state index contributed by atoms with van der Waals surface area (Å²) in [5.41, 5.74) is 1.27. The molecular weight excluding hydrogens is 378 g/mol. The van der Waals surface area contributed by atoms with Crippen LogP contribution in [0.15, 0.2) is 29.3 Å². The quantitative estimate of drug-likeness (QED) is 0.425. The number of nitrogens with one attached hydrogen (secondary N) is 2. The first-order valence-electron chi connectivity index (χ1n) is 11.5. The van der Waals surface area contributed by atoms with Crippen molar-refractivity contribution in [3.05, 3.63) is 29.8 Å². The van der Waals surface area contributed by atoms with Crippen molar-refractivity contribution < 1.29 is 9.47 Å². The molecule has 1 heterocycles. The average molecular weight is 418 g/mol. The van der Waals surface area contributed by atoms with E-state index in [0.717, 1.165) is 70.2 Å². The lowest BCUT2D eigenvalue weighted by Gasteiger charge is -2.34. The Morgan fingerprint density at radius 2 is 1.93 bits per heavy atom. The van der Waals surface area contributed by atoms with Crippen molar-refractivity contribution in [1.82, 2.24) is 20.4 Å². The highest BCUT2D eigenvalue weighted by molar-refractivity contribution is 5.79. The second-order valence-corrected chi connectivity index (χ2v) is 7.94. The second kappa shape index (κ2) is 12.1. The van der Waals surface area contributed by atoms with Gasteiger partial charge in [-0.2, -0.15) is 0 Å². The Hall–Kier alpha value is -1.83. The molecule has 30 heavy (non-hydrogen) atoms. The lowest BCUT2D eigenvalue weighted by atomic mass is 10.0. The number of benzene rings is 1. The van der Waals surface area contributed by atoms with Crippen molar-refractivity contribution in [3.8, 4) is 5.75 Å². The van der Waals surface area contributed by atoms with Gasteiger partial charge < -0.3 is 20.1 Å². The Morgan fingerprint density at radius 1 is 1.20 bits per heavy atom. The van der Waals surface area contributed by atoms with Crippen LogP contribution in [-0.2, 0) is 4.74 Å². The molecule has 1 unspecified atom stereocenters. The van der Waals surface area contributed by atoms with Crippen molar-refractivity contribution >= 4 is 5.96 Å². The predicted octanol–water partition coefficient (Wildman–Crippen LogP) is 2.11. The third-order valence-corrected chi connectivity index (χ3v) is 5.91. The molecule has 1 aliphatic carbocycles. The van der Waals surface area contributed by atoms with Crippen molar-refractivity contribution in [3.63, 3.8) is 0 Å². The van der Waals surface area contributed by atoms with Gasteiger partial charge in [-0.3, -0.25) is 14.8 Å². The van der Waals surface area contributed by atoms with Crippen LogP contribution in [0, 0.1) is 0 Å². The van der Waals surface area contributed by atoms with Crippen LogP contribution in [0.4, 0.5) is 0 Å². The zero-order valence-electron chi connectivity index (χ0n) is 18.9. The number of morpholine rings is 1. The maximum absolute atomic E-state index is 5.57. The molecule has 0 radical (unpaired) electrons. The number of hydrogen-bond acceptors (Lipinski definition) is 5. The molecule has 0 spiro atoms. The van der Waals surface area contributed by atoms with E-state index in [4.69, 9.17) is 14.5 Å². The van der Waals surface area contributed by atoms with E-state index in [1.165, 1.54) is 18.4 Å². The summed E-state index contributed by atoms with van der Waals surface area (Å²) < 4.78 is 10.9. The van der Waals surface area contributed by atoms with Crippen molar-refractivity contribution in [2.75, 3.05) is 66.1 Å². The molecule has 2 fully saturated rings. The lowest BCUT2D eigenvalue weighted by molar-refractivity contribution is 0.0179. The summed E-state index contributed by atoms with van der Waals surface area (Å²) in [6, 6.07) is 9.42. The van der Waals surface area contributed by atoms with Crippen LogP contribution in [0.25, 0.3) is 0 Å². The summed E-state index contributed by atoms with van der Waals surface area (Å²) in [4.78, 5) is 9.99. The van der Waals surface area contributed by atoms with E-state index in [2.05, 4.69) is 46.4 Å². The van der Waals surface area contributed by atoms with Crippen molar-refractivity contribution in [1.29, 1.82) is 0 Å². The number of likely N-dealkylation sites (N-methyl/N-ethyl adjacent to an activating group) is 1. The molecule has 7 heteroatoms. The molecule has 1 aromatic carbocycles. The summed E-state index contributed by atoms with van der Waals surface area (Å²) in [6.07, 6.45) is 2.70. The van der Waals surface area contributed by atoms with Crippen LogP contribution in [-0.4, -0.2) is 87.9 Å². The Kier molecular flexibility index (Phi) is 9.24. The van der Waals surface area contributed by atoms with Gasteiger partial charge in [0, 0.05) is 38.8 Å². The molecule has 1 aliphatic heterocycles. The number of guanidine groups is 1. The maximum atomic E-state index is 5.57. The van der Waals surface area contributed by atoms with E-state index in [1.807, 2.05) is 12.1 Å². The summed E-state index contributed by atoms with van der Waals surface area (Å²) in [5, 5.41) is 6.93. The zero-order chi connectivity index (χ0) is 21.2. The smallest absolute Gasteiger partial charge is 0.191 e. The Morgan fingerprint density at radius 3 is 2.53 bits per heavy atom. The average Bonchev–Trinajstić information content (AvgIpc) is 3.63. The molecule has 0 aromatic heterocycles. The minimum absolute atomic E-state index is 0.230. The van der Waals surface area contributed by atoms with Crippen LogP contribution in [0.5, 0.6) is 5.75 Å². The second-order valence-electron chi connectivity index (χ2n) is 7.94. The molecule has 0 amide bonds. The van der Waals surface area contributed by atoms with E-state index in [9.17, 15) is 0 Å². The third kappa shape index (κ3) is 6.86. The first-order valence-corrected chi connectivity index (χ1v) is 11.5. The van der Waals surface area contributed by atoms with Gasteiger partial charge in [0.2, 0.25) is 0 Å². The maximum Gasteiger partial charge on any atom is 0.191 e. The van der Waals surface area contributed by atoms with Gasteiger partial charge in [-0.05, 0) is 44.0 Å². The number of ether oxygens (including phenoxy) is 2. The highest BCUT2D eigenvalue weighted by Gasteiger charge is 2.27. The van der Waals surface area contributed by atoms with Crippen molar-refractivity contribution in [2.45, 2.75) is 38.8 Å². The Bertz CT molecular complexity index is 641. The van der Waals surface area contributed by atoms with Gasteiger partial charge in [-0.15, -0.1) is 0 Å². The molecule has 1 saturated heterocycles. The standard InChI is InChI=1S/C23H39N5O2/c1-4-24-23(25-12-13-27(5-2)20-8-9-20)26-18-22(28-14-16-30-17-15-28)19-6-10-21(29-3)11-7-19/h6-7,10-11,20,22H,4-5,8-9,12-18H2,1-3H3,(H2,24,25,26). The molecule has 2 N–H and O–H groups in total. The van der Waals surface area contributed by atoms with E-state index >= 15 is 0 Å². The number of methoxy groups -OCH3 is 1. The third-order valence-electron chi connectivity index (χ3n) is 5.91. The van der Waals surface area contributed by atoms with Gasteiger partial charge in [-0.1, -0.05) is 19.1 Å². The van der Waals surface area contributed by atoms with Crippen LogP contribution in [0.3, 0.4) is 0 Å². The fourth-order valence-corrected chi connectivity index (χ4v) is 4.02. The van der Waals surface area contributed by atoms with E-state index in [0.29, 0.717) is 6.54 Å². The molecule has 3 rings (SSSR count). The first kappa shape index (κ1) is 22.8. The molecule has 1 atom stereocenters. The van der Waals surface area contributed by atoms with Crippen LogP contribution >= 0.6 is 0 Å². The molecule has 1 aromatic rings. The van der Waals surface area contributed by atoms with Gasteiger partial charge in [0.1, 0.15) is 5.75 Å². The summed E-state index contributed by atoms with van der Waals surface area (Å²) in [5.74, 6) is 1.78. The normalized spacial score (nSPS) is 19.0. The largest absolute Gasteiger partial charge is 0.497 e. The van der Waals surface area contributed by atoms with Crippen LogP contribution < -0.4 is 15.4 Å². The summed E-state index contributed by atoms with van der Waals surface area (Å²) in [6.45, 7) is 12.5. The fraction of sp³-hybridized carbons (Fsp3) is 0.696. The van der Waals surface area contributed by atoms with E-state index < -0.39 is 0 Å². The molecule has 2 aliphatic rings. The minimum atomic E-state index is 0.230. The van der Waals surface area contributed by atoms with Gasteiger partial charge in [-0.25, -0.2) is 0 Å². The van der Waals surface area contributed by atoms with Gasteiger partial charge in [0.25, 0.3) is 0 Å². The first-order chi connectivity index (χ1) is 14.7. The monoisotopic (exact) mass is 417 g/mol. The van der Waals surface area contributed by atoms with Gasteiger partial charge >= 0.3 is 0 Å². The molecule has 168 valence electrons. The molecule has 7 nitrogen and oxygen atoms in total. The van der Waals surface area contributed by atoms with Gasteiger partial charge in [0.15, 0.2) is 5.96 Å². The Labute approximate surface area is 181 Å². The van der Waals surface area contributed by atoms with Crippen LogP contribution in [0.1, 0.15) is 38.3 Å². The molecule has 1 saturated carbocycles. The number of hydrogen-bond donors (Lipinski definition) is 2. The lowest BCUT2D eigenvalue weighted by Crippen LogP contribution is -2.43. The number of nitrogens with zero attached hydrogens (tertiary/aromatic N) is 3. The minimum Gasteiger partial charge on any atom is -0.497 e. The predicted molar refractivity (Wildman–Crippen MR) is 122 cm³/mol.